The highest BCUT2D eigenvalue weighted by molar-refractivity contribution is 7.11. The highest BCUT2D eigenvalue weighted by Gasteiger charge is 2.40. The number of hydrogen-bond donors (Lipinski definition) is 1. The van der Waals surface area contributed by atoms with Gasteiger partial charge in [-0.1, -0.05) is 13.8 Å². The van der Waals surface area contributed by atoms with Crippen molar-refractivity contribution in [2.45, 2.75) is 46.3 Å². The van der Waals surface area contributed by atoms with Crippen LogP contribution >= 0.6 is 11.3 Å². The Hall–Kier alpha value is -1.43. The predicted molar refractivity (Wildman–Crippen MR) is 73.6 cm³/mol. The van der Waals surface area contributed by atoms with Gasteiger partial charge in [0.1, 0.15) is 12.1 Å². The molecule has 0 radical (unpaired) electrons. The van der Waals surface area contributed by atoms with E-state index < -0.39 is 12.1 Å². The molecule has 104 valence electrons. The molecule has 0 saturated carbocycles. The zero-order valence-corrected chi connectivity index (χ0v) is 12.5. The molecule has 1 aliphatic heterocycles. The van der Waals surface area contributed by atoms with Gasteiger partial charge in [0.05, 0.1) is 11.6 Å². The Bertz CT molecular complexity index is 498. The van der Waals surface area contributed by atoms with Crippen LogP contribution in [-0.2, 0) is 16.1 Å². The second-order valence-electron chi connectivity index (χ2n) is 5.23. The van der Waals surface area contributed by atoms with E-state index in [1.807, 2.05) is 20.8 Å². The summed E-state index contributed by atoms with van der Waals surface area (Å²) in [6, 6.07) is -0.845. The van der Waals surface area contributed by atoms with Crippen LogP contribution in [0, 0.1) is 12.8 Å². The summed E-state index contributed by atoms with van der Waals surface area (Å²) in [4.78, 5) is 31.3. The molecule has 2 unspecified atom stereocenters. The van der Waals surface area contributed by atoms with Crippen LogP contribution in [0.25, 0.3) is 0 Å². The number of amides is 2. The number of aromatic nitrogens is 1. The lowest BCUT2D eigenvalue weighted by Crippen LogP contribution is -2.63. The van der Waals surface area contributed by atoms with E-state index in [4.69, 9.17) is 0 Å². The molecule has 2 atom stereocenters. The molecule has 1 fully saturated rings. The Morgan fingerprint density at radius 2 is 2.16 bits per heavy atom. The molecule has 2 amide bonds. The van der Waals surface area contributed by atoms with E-state index in [0.29, 0.717) is 6.54 Å². The number of carbonyl (C=O) groups is 2. The molecule has 5 nitrogen and oxygen atoms in total. The van der Waals surface area contributed by atoms with E-state index in [0.717, 1.165) is 9.88 Å². The van der Waals surface area contributed by atoms with Gasteiger partial charge in [0.15, 0.2) is 0 Å². The number of nitrogens with zero attached hydrogens (tertiary/aromatic N) is 2. The van der Waals surface area contributed by atoms with Gasteiger partial charge in [-0.25, -0.2) is 4.98 Å². The van der Waals surface area contributed by atoms with Crippen molar-refractivity contribution in [1.82, 2.24) is 15.2 Å². The summed E-state index contributed by atoms with van der Waals surface area (Å²) in [5, 5.41) is 3.71. The molecule has 1 saturated heterocycles. The summed E-state index contributed by atoms with van der Waals surface area (Å²) in [7, 11) is 0. The Kier molecular flexibility index (Phi) is 3.89. The molecular weight excluding hydrogens is 262 g/mol. The highest BCUT2D eigenvalue weighted by atomic mass is 32.1. The minimum Gasteiger partial charge on any atom is -0.343 e. The monoisotopic (exact) mass is 281 g/mol. The van der Waals surface area contributed by atoms with Crippen molar-refractivity contribution in [3.8, 4) is 0 Å². The third kappa shape index (κ3) is 2.78. The van der Waals surface area contributed by atoms with Crippen molar-refractivity contribution < 1.29 is 9.59 Å². The van der Waals surface area contributed by atoms with Crippen molar-refractivity contribution >= 4 is 23.2 Å². The van der Waals surface area contributed by atoms with Crippen LogP contribution in [0.4, 0.5) is 0 Å². The van der Waals surface area contributed by atoms with Gasteiger partial charge in [0, 0.05) is 11.1 Å². The van der Waals surface area contributed by atoms with Crippen molar-refractivity contribution in [1.29, 1.82) is 0 Å². The molecule has 0 spiro atoms. The van der Waals surface area contributed by atoms with E-state index in [-0.39, 0.29) is 17.7 Å². The van der Waals surface area contributed by atoms with Gasteiger partial charge < -0.3 is 10.2 Å². The molecule has 1 aliphatic rings. The Morgan fingerprint density at radius 3 is 2.68 bits per heavy atom. The van der Waals surface area contributed by atoms with Crippen LogP contribution in [0.2, 0.25) is 0 Å². The van der Waals surface area contributed by atoms with Crippen LogP contribution in [0.1, 0.15) is 30.7 Å². The topological polar surface area (TPSA) is 62.3 Å². The van der Waals surface area contributed by atoms with E-state index in [1.165, 1.54) is 0 Å². The molecule has 1 N–H and O–H groups in total. The number of aryl methyl sites for hydroxylation is 1. The SMILES string of the molecule is Cc1ncc(CN2C(=O)C(C)NC(=O)C2C(C)C)s1. The second-order valence-corrected chi connectivity index (χ2v) is 6.55. The third-order valence-corrected chi connectivity index (χ3v) is 4.14. The van der Waals surface area contributed by atoms with Crippen LogP contribution in [0.15, 0.2) is 6.20 Å². The summed E-state index contributed by atoms with van der Waals surface area (Å²) < 4.78 is 0. The predicted octanol–water partition coefficient (Wildman–Crippen LogP) is 1.32. The lowest BCUT2D eigenvalue weighted by molar-refractivity contribution is -0.151. The van der Waals surface area contributed by atoms with E-state index in [2.05, 4.69) is 10.3 Å². The number of nitrogens with one attached hydrogen (secondary N) is 1. The molecule has 0 bridgehead atoms. The zero-order valence-electron chi connectivity index (χ0n) is 11.6. The maximum Gasteiger partial charge on any atom is 0.245 e. The van der Waals surface area contributed by atoms with Gasteiger partial charge in [-0.3, -0.25) is 9.59 Å². The maximum atomic E-state index is 12.3. The van der Waals surface area contributed by atoms with Crippen LogP contribution in [0.3, 0.4) is 0 Å². The molecular formula is C13H19N3O2S. The standard InChI is InChI=1S/C13H19N3O2S/c1-7(2)11-12(17)15-8(3)13(18)16(11)6-10-5-14-9(4)19-10/h5,7-8,11H,6H2,1-4H3,(H,15,17). The molecule has 2 rings (SSSR count). The fourth-order valence-electron chi connectivity index (χ4n) is 2.37. The summed E-state index contributed by atoms with van der Waals surface area (Å²) in [5.74, 6) is -0.00170. The number of hydrogen-bond acceptors (Lipinski definition) is 4. The summed E-state index contributed by atoms with van der Waals surface area (Å²) in [5.41, 5.74) is 0. The zero-order chi connectivity index (χ0) is 14.2. The van der Waals surface area contributed by atoms with Gasteiger partial charge in [0.2, 0.25) is 11.8 Å². The van der Waals surface area contributed by atoms with Gasteiger partial charge in [0.25, 0.3) is 0 Å². The molecule has 0 aromatic carbocycles. The Balaban J connectivity index is 2.25. The lowest BCUT2D eigenvalue weighted by Gasteiger charge is -2.39. The van der Waals surface area contributed by atoms with Crippen molar-refractivity contribution in [3.63, 3.8) is 0 Å². The van der Waals surface area contributed by atoms with Crippen LogP contribution in [-0.4, -0.2) is 33.8 Å². The maximum absolute atomic E-state index is 12.3. The first-order chi connectivity index (χ1) is 8.90. The minimum atomic E-state index is -0.448. The molecule has 1 aromatic rings. The minimum absolute atomic E-state index is 0.0237. The van der Waals surface area contributed by atoms with E-state index >= 15 is 0 Å². The molecule has 2 heterocycles. The van der Waals surface area contributed by atoms with Gasteiger partial charge >= 0.3 is 0 Å². The molecule has 1 aromatic heterocycles. The average Bonchev–Trinajstić information content (AvgIpc) is 2.71. The fraction of sp³-hybridized carbons (Fsp3) is 0.615. The normalized spacial score (nSPS) is 23.9. The van der Waals surface area contributed by atoms with Gasteiger partial charge in [-0.05, 0) is 19.8 Å². The number of carbonyl (C=O) groups excluding carboxylic acids is 2. The number of thiazole rings is 1. The number of piperazine rings is 1. The first-order valence-electron chi connectivity index (χ1n) is 6.42. The fourth-order valence-corrected chi connectivity index (χ4v) is 3.17. The first kappa shape index (κ1) is 14.0. The van der Waals surface area contributed by atoms with Crippen molar-refractivity contribution in [2.75, 3.05) is 0 Å². The summed E-state index contributed by atoms with van der Waals surface area (Å²) >= 11 is 1.56. The van der Waals surface area contributed by atoms with Crippen molar-refractivity contribution in [3.05, 3.63) is 16.1 Å². The van der Waals surface area contributed by atoms with Gasteiger partial charge in [-0.15, -0.1) is 11.3 Å². The number of rotatable bonds is 3. The highest BCUT2D eigenvalue weighted by Crippen LogP contribution is 2.22. The molecule has 0 aliphatic carbocycles. The summed E-state index contributed by atoms with van der Waals surface area (Å²) in [6.45, 7) is 8.03. The van der Waals surface area contributed by atoms with Gasteiger partial charge in [-0.2, -0.15) is 0 Å². The average molecular weight is 281 g/mol. The van der Waals surface area contributed by atoms with E-state index in [1.54, 1.807) is 29.4 Å². The Labute approximate surface area is 117 Å². The van der Waals surface area contributed by atoms with Crippen LogP contribution < -0.4 is 5.32 Å². The molecule has 19 heavy (non-hydrogen) atoms. The Morgan fingerprint density at radius 1 is 1.47 bits per heavy atom. The van der Waals surface area contributed by atoms with E-state index in [9.17, 15) is 9.59 Å². The first-order valence-corrected chi connectivity index (χ1v) is 7.24. The molecule has 6 heteroatoms. The lowest BCUT2D eigenvalue weighted by atomic mass is 9.97. The van der Waals surface area contributed by atoms with Crippen LogP contribution in [0.5, 0.6) is 0 Å². The third-order valence-electron chi connectivity index (χ3n) is 3.24. The van der Waals surface area contributed by atoms with Crippen molar-refractivity contribution in [2.24, 2.45) is 5.92 Å². The second kappa shape index (κ2) is 5.28. The summed E-state index contributed by atoms with van der Waals surface area (Å²) in [6.07, 6.45) is 1.78. The quantitative estimate of drug-likeness (QED) is 0.909. The smallest absolute Gasteiger partial charge is 0.245 e. The largest absolute Gasteiger partial charge is 0.343 e.